The Bertz CT molecular complexity index is 862. The summed E-state index contributed by atoms with van der Waals surface area (Å²) in [6.45, 7) is 9.28. The van der Waals surface area contributed by atoms with Crippen LogP contribution in [0.25, 0.3) is 0 Å². The van der Waals surface area contributed by atoms with E-state index in [2.05, 4.69) is 55.0 Å². The van der Waals surface area contributed by atoms with Crippen LogP contribution in [0.5, 0.6) is 0 Å². The number of rotatable bonds is 6. The first kappa shape index (κ1) is 21.1. The highest BCUT2D eigenvalue weighted by molar-refractivity contribution is 5.92. The van der Waals surface area contributed by atoms with Crippen LogP contribution in [-0.2, 0) is 25.8 Å². The molecule has 1 saturated heterocycles. The first-order valence-electron chi connectivity index (χ1n) is 11.6. The second-order valence-electron chi connectivity index (χ2n) is 9.47. The van der Waals surface area contributed by atoms with E-state index in [1.165, 1.54) is 11.1 Å². The molecule has 2 heterocycles. The Kier molecular flexibility index (Phi) is 6.28. The van der Waals surface area contributed by atoms with Crippen molar-refractivity contribution in [1.82, 2.24) is 19.6 Å². The quantitative estimate of drug-likeness (QED) is 0.730. The molecule has 1 aromatic heterocycles. The minimum absolute atomic E-state index is 0.112. The molecular weight excluding hydrogens is 372 g/mol. The van der Waals surface area contributed by atoms with Gasteiger partial charge in [-0.25, -0.2) is 0 Å². The summed E-state index contributed by atoms with van der Waals surface area (Å²) < 4.78 is 1.88. The maximum atomic E-state index is 13.4. The predicted octanol–water partition coefficient (Wildman–Crippen LogP) is 3.81. The number of likely N-dealkylation sites (N-methyl/N-ethyl adjacent to an activating group) is 1. The summed E-state index contributed by atoms with van der Waals surface area (Å²) in [6, 6.07) is 11.7. The highest BCUT2D eigenvalue weighted by atomic mass is 16.2. The zero-order chi connectivity index (χ0) is 21.3. The monoisotopic (exact) mass is 408 g/mol. The second-order valence-corrected chi connectivity index (χ2v) is 9.47. The third-order valence-corrected chi connectivity index (χ3v) is 6.81. The van der Waals surface area contributed by atoms with Gasteiger partial charge in [0.25, 0.3) is 5.91 Å². The number of carbonyl (C=O) groups excluding carboxylic acids is 1. The van der Waals surface area contributed by atoms with Crippen molar-refractivity contribution < 1.29 is 4.79 Å². The van der Waals surface area contributed by atoms with Gasteiger partial charge in [0.05, 0.1) is 5.69 Å². The largest absolute Gasteiger partial charge is 0.336 e. The molecule has 1 aliphatic carbocycles. The first-order valence-corrected chi connectivity index (χ1v) is 11.6. The van der Waals surface area contributed by atoms with Gasteiger partial charge in [-0.2, -0.15) is 5.10 Å². The topological polar surface area (TPSA) is 41.4 Å². The molecule has 162 valence electrons. The van der Waals surface area contributed by atoms with Crippen molar-refractivity contribution in [3.05, 3.63) is 52.8 Å². The van der Waals surface area contributed by atoms with Crippen LogP contribution in [0.1, 0.15) is 60.9 Å². The smallest absolute Gasteiger partial charge is 0.272 e. The molecule has 1 amide bonds. The van der Waals surface area contributed by atoms with E-state index in [9.17, 15) is 4.79 Å². The van der Waals surface area contributed by atoms with Gasteiger partial charge in [0, 0.05) is 32.2 Å². The Morgan fingerprint density at radius 3 is 2.57 bits per heavy atom. The molecule has 0 radical (unpaired) electrons. The van der Waals surface area contributed by atoms with Crippen LogP contribution in [-0.4, -0.2) is 57.7 Å². The number of aromatic nitrogens is 2. The summed E-state index contributed by atoms with van der Waals surface area (Å²) in [6.07, 6.45) is 5.43. The van der Waals surface area contributed by atoms with E-state index in [4.69, 9.17) is 0 Å². The van der Waals surface area contributed by atoms with Crippen LogP contribution in [0, 0.1) is 5.92 Å². The average molecular weight is 409 g/mol. The van der Waals surface area contributed by atoms with Crippen LogP contribution < -0.4 is 0 Å². The molecule has 0 spiro atoms. The number of likely N-dealkylation sites (tertiary alicyclic amines) is 1. The number of nitrogens with zero attached hydrogens (tertiary/aromatic N) is 4. The lowest BCUT2D eigenvalue weighted by Crippen LogP contribution is -2.52. The third-order valence-electron chi connectivity index (χ3n) is 6.81. The van der Waals surface area contributed by atoms with Gasteiger partial charge in [0.2, 0.25) is 0 Å². The van der Waals surface area contributed by atoms with Crippen molar-refractivity contribution in [3.8, 4) is 0 Å². The average Bonchev–Trinajstić information content (AvgIpc) is 3.36. The minimum Gasteiger partial charge on any atom is -0.336 e. The number of piperidine rings is 1. The van der Waals surface area contributed by atoms with Crippen molar-refractivity contribution in [2.75, 3.05) is 20.1 Å². The van der Waals surface area contributed by atoms with E-state index < -0.39 is 0 Å². The molecule has 0 bridgehead atoms. The molecule has 1 fully saturated rings. The van der Waals surface area contributed by atoms with Gasteiger partial charge in [-0.15, -0.1) is 0 Å². The van der Waals surface area contributed by atoms with Crippen LogP contribution >= 0.6 is 0 Å². The first-order chi connectivity index (χ1) is 14.5. The summed E-state index contributed by atoms with van der Waals surface area (Å²) in [5, 5.41) is 4.68. The van der Waals surface area contributed by atoms with E-state index >= 15 is 0 Å². The van der Waals surface area contributed by atoms with Gasteiger partial charge in [-0.1, -0.05) is 38.1 Å². The van der Waals surface area contributed by atoms with Crippen LogP contribution in [0.3, 0.4) is 0 Å². The molecule has 1 aliphatic heterocycles. The summed E-state index contributed by atoms with van der Waals surface area (Å²) in [4.78, 5) is 18.0. The molecule has 0 saturated carbocycles. The predicted molar refractivity (Wildman–Crippen MR) is 121 cm³/mol. The lowest BCUT2D eigenvalue weighted by molar-refractivity contribution is 0.0545. The van der Waals surface area contributed by atoms with Crippen LogP contribution in [0.4, 0.5) is 0 Å². The summed E-state index contributed by atoms with van der Waals surface area (Å²) in [5.41, 5.74) is 4.76. The van der Waals surface area contributed by atoms with Crippen molar-refractivity contribution in [2.45, 2.75) is 71.5 Å². The number of amides is 1. The fourth-order valence-corrected chi connectivity index (χ4v) is 5.17. The summed E-state index contributed by atoms with van der Waals surface area (Å²) >= 11 is 0. The Hall–Kier alpha value is -2.14. The molecule has 5 nitrogen and oxygen atoms in total. The van der Waals surface area contributed by atoms with Gasteiger partial charge >= 0.3 is 0 Å². The van der Waals surface area contributed by atoms with E-state index in [-0.39, 0.29) is 11.9 Å². The molecule has 30 heavy (non-hydrogen) atoms. The molecule has 1 atom stereocenters. The van der Waals surface area contributed by atoms with Crippen LogP contribution in [0.2, 0.25) is 0 Å². The molecule has 0 N–H and O–H groups in total. The fraction of sp³-hybridized carbons (Fsp3) is 0.600. The maximum absolute atomic E-state index is 13.4. The van der Waals surface area contributed by atoms with Gasteiger partial charge in [0.1, 0.15) is 5.69 Å². The van der Waals surface area contributed by atoms with Crippen molar-refractivity contribution in [1.29, 1.82) is 0 Å². The molecular formula is C25H36N4O. The molecule has 4 rings (SSSR count). The third kappa shape index (κ3) is 4.31. The molecule has 0 unspecified atom stereocenters. The standard InChI is InChI=1S/C25H36N4O/c1-5-29-24(16-21(26-29)13-18(2)3)25(30)27(4)22-11-8-12-28(17-22)23-14-19-9-6-7-10-20(19)15-23/h6-7,9-10,16,18,22-23H,5,8,11-15,17H2,1-4H3/t22-/m0/s1. The SMILES string of the molecule is CCn1nc(CC(C)C)cc1C(=O)N(C)[C@H]1CCCN(C2Cc3ccccc3C2)C1. The zero-order valence-corrected chi connectivity index (χ0v) is 19.0. The molecule has 2 aliphatic rings. The van der Waals surface area contributed by atoms with E-state index in [0.717, 1.165) is 63.1 Å². The number of hydrogen-bond acceptors (Lipinski definition) is 3. The Morgan fingerprint density at radius 1 is 1.23 bits per heavy atom. The van der Waals surface area contributed by atoms with E-state index in [0.29, 0.717) is 12.0 Å². The normalized spacial score (nSPS) is 20.0. The number of carbonyl (C=O) groups is 1. The van der Waals surface area contributed by atoms with E-state index in [1.807, 2.05) is 22.7 Å². The Labute approximate surface area is 181 Å². The highest BCUT2D eigenvalue weighted by Gasteiger charge is 2.33. The van der Waals surface area contributed by atoms with Crippen molar-refractivity contribution >= 4 is 5.91 Å². The number of hydrogen-bond donors (Lipinski definition) is 0. The summed E-state index contributed by atoms with van der Waals surface area (Å²) in [5.74, 6) is 0.647. The lowest BCUT2D eigenvalue weighted by atomic mass is 10.0. The van der Waals surface area contributed by atoms with E-state index in [1.54, 1.807) is 0 Å². The molecule has 2 aromatic rings. The van der Waals surface area contributed by atoms with Crippen LogP contribution in [0.15, 0.2) is 30.3 Å². The van der Waals surface area contributed by atoms with Gasteiger partial charge in [0.15, 0.2) is 0 Å². The van der Waals surface area contributed by atoms with Gasteiger partial charge < -0.3 is 4.90 Å². The number of fused-ring (bicyclic) bond motifs is 1. The molecule has 1 aromatic carbocycles. The zero-order valence-electron chi connectivity index (χ0n) is 19.0. The second kappa shape index (κ2) is 8.93. The fourth-order valence-electron chi connectivity index (χ4n) is 5.17. The lowest BCUT2D eigenvalue weighted by Gasteiger charge is -2.40. The Balaban J connectivity index is 1.44. The van der Waals surface area contributed by atoms with Crippen molar-refractivity contribution in [2.24, 2.45) is 5.92 Å². The molecule has 5 heteroatoms. The Morgan fingerprint density at radius 2 is 1.93 bits per heavy atom. The van der Waals surface area contributed by atoms with Crippen molar-refractivity contribution in [3.63, 3.8) is 0 Å². The minimum atomic E-state index is 0.112. The van der Waals surface area contributed by atoms with Gasteiger partial charge in [-0.05, 0) is 68.7 Å². The maximum Gasteiger partial charge on any atom is 0.272 e. The highest BCUT2D eigenvalue weighted by Crippen LogP contribution is 2.28. The summed E-state index contributed by atoms with van der Waals surface area (Å²) in [7, 11) is 1.98. The van der Waals surface area contributed by atoms with Gasteiger partial charge in [-0.3, -0.25) is 14.4 Å². The number of benzene rings is 1. The number of aryl methyl sites for hydroxylation is 1.